The molecule has 4 nitrogen and oxygen atoms in total. The largest absolute Gasteiger partial charge is 0.493 e. The summed E-state index contributed by atoms with van der Waals surface area (Å²) in [4.78, 5) is 13.1. The predicted octanol–water partition coefficient (Wildman–Crippen LogP) is 2.02. The van der Waals surface area contributed by atoms with Crippen molar-refractivity contribution in [3.05, 3.63) is 23.8 Å². The van der Waals surface area contributed by atoms with Crippen molar-refractivity contribution in [3.63, 3.8) is 0 Å². The van der Waals surface area contributed by atoms with Gasteiger partial charge in [0, 0.05) is 12.1 Å². The van der Waals surface area contributed by atoms with E-state index in [-0.39, 0.29) is 0 Å². The molecular weight excluding hydrogens is 242 g/mol. The molecule has 1 aliphatic heterocycles. The lowest BCUT2D eigenvalue weighted by Crippen LogP contribution is -2.33. The number of piperidine rings is 1. The summed E-state index contributed by atoms with van der Waals surface area (Å²) in [5.74, 6) is 1.26. The Morgan fingerprint density at radius 1 is 1.21 bits per heavy atom. The zero-order chi connectivity index (χ0) is 13.5. The molecule has 0 saturated carbocycles. The van der Waals surface area contributed by atoms with E-state index in [0.717, 1.165) is 19.6 Å². The lowest BCUT2D eigenvalue weighted by Gasteiger charge is -2.26. The molecule has 0 aliphatic carbocycles. The van der Waals surface area contributed by atoms with E-state index in [1.165, 1.54) is 19.3 Å². The Hall–Kier alpha value is -1.55. The van der Waals surface area contributed by atoms with E-state index in [1.54, 1.807) is 25.3 Å². The molecule has 0 amide bonds. The smallest absolute Gasteiger partial charge is 0.233 e. The van der Waals surface area contributed by atoms with Crippen molar-refractivity contribution in [1.29, 1.82) is 0 Å². The van der Waals surface area contributed by atoms with E-state index < -0.39 is 0 Å². The molecule has 19 heavy (non-hydrogen) atoms. The van der Waals surface area contributed by atoms with Crippen LogP contribution in [0.1, 0.15) is 24.8 Å². The fourth-order valence-electron chi connectivity index (χ4n) is 2.32. The average Bonchev–Trinajstić information content (AvgIpc) is 2.48. The number of methoxy groups -OCH3 is 1. The minimum atomic E-state index is 0.480. The van der Waals surface area contributed by atoms with Gasteiger partial charge in [-0.2, -0.15) is 0 Å². The quantitative estimate of drug-likeness (QED) is 0.786. The van der Waals surface area contributed by atoms with Gasteiger partial charge in [-0.1, -0.05) is 6.42 Å². The Labute approximate surface area is 114 Å². The highest BCUT2D eigenvalue weighted by Crippen LogP contribution is 2.27. The van der Waals surface area contributed by atoms with Crippen LogP contribution >= 0.6 is 0 Å². The first-order valence-corrected chi connectivity index (χ1v) is 6.75. The highest BCUT2D eigenvalue weighted by Gasteiger charge is 2.11. The Bertz CT molecular complexity index is 414. The number of hydrogen-bond acceptors (Lipinski definition) is 4. The maximum absolute atomic E-state index is 10.6. The molecule has 0 atom stereocenters. The number of rotatable bonds is 6. The molecule has 0 unspecified atom stereocenters. The van der Waals surface area contributed by atoms with Gasteiger partial charge in [-0.05, 0) is 44.1 Å². The third-order valence-corrected chi connectivity index (χ3v) is 3.40. The van der Waals surface area contributed by atoms with Gasteiger partial charge in [0.2, 0.25) is 6.29 Å². The summed E-state index contributed by atoms with van der Waals surface area (Å²) in [7, 11) is 1.59. The highest BCUT2D eigenvalue weighted by molar-refractivity contribution is 5.76. The molecule has 0 N–H and O–H groups in total. The summed E-state index contributed by atoms with van der Waals surface area (Å²) < 4.78 is 10.9. The van der Waals surface area contributed by atoms with Crippen LogP contribution in [0.5, 0.6) is 11.5 Å². The van der Waals surface area contributed by atoms with Crippen molar-refractivity contribution in [2.45, 2.75) is 19.3 Å². The minimum Gasteiger partial charge on any atom is -0.493 e. The third kappa shape index (κ3) is 3.96. The fourth-order valence-corrected chi connectivity index (χ4v) is 2.32. The van der Waals surface area contributed by atoms with Gasteiger partial charge < -0.3 is 9.47 Å². The van der Waals surface area contributed by atoms with Crippen molar-refractivity contribution >= 4 is 6.29 Å². The van der Waals surface area contributed by atoms with E-state index in [2.05, 4.69) is 4.90 Å². The molecule has 1 fully saturated rings. The van der Waals surface area contributed by atoms with Crippen molar-refractivity contribution in [3.8, 4) is 11.5 Å². The van der Waals surface area contributed by atoms with Crippen LogP contribution in [0, 0.1) is 0 Å². The van der Waals surface area contributed by atoms with E-state index in [4.69, 9.17) is 9.47 Å². The van der Waals surface area contributed by atoms with Crippen LogP contribution < -0.4 is 9.47 Å². The summed E-state index contributed by atoms with van der Waals surface area (Å²) in [6.07, 6.45) is 5.75. The number of benzene rings is 1. The van der Waals surface area contributed by atoms with Gasteiger partial charge in [0.15, 0.2) is 11.5 Å². The second-order valence-corrected chi connectivity index (χ2v) is 4.72. The van der Waals surface area contributed by atoms with Crippen LogP contribution in [-0.4, -0.2) is 44.5 Å². The summed E-state index contributed by atoms with van der Waals surface area (Å²) in [5.41, 5.74) is 0.480. The summed E-state index contributed by atoms with van der Waals surface area (Å²) in [5, 5.41) is 0. The number of ether oxygens (including phenoxy) is 2. The number of carbonyl (C=O) groups excluding carboxylic acids is 1. The first-order valence-electron chi connectivity index (χ1n) is 6.75. The van der Waals surface area contributed by atoms with Crippen LogP contribution in [0.3, 0.4) is 0 Å². The first kappa shape index (κ1) is 13.9. The van der Waals surface area contributed by atoms with Crippen LogP contribution in [0.2, 0.25) is 0 Å². The van der Waals surface area contributed by atoms with E-state index in [0.29, 0.717) is 23.7 Å². The highest BCUT2D eigenvalue weighted by atomic mass is 16.5. The van der Waals surface area contributed by atoms with Crippen LogP contribution in [0.15, 0.2) is 18.2 Å². The Kier molecular flexibility index (Phi) is 5.21. The van der Waals surface area contributed by atoms with Gasteiger partial charge in [-0.3, -0.25) is 9.69 Å². The SMILES string of the molecule is COc1ccc([C]=O)cc1OCCN1CCCCC1. The molecule has 0 spiro atoms. The van der Waals surface area contributed by atoms with Crippen LogP contribution in [0.25, 0.3) is 0 Å². The molecule has 4 heteroatoms. The molecule has 1 aromatic rings. The second kappa shape index (κ2) is 7.14. The molecular formula is C15H20NO3. The average molecular weight is 262 g/mol. The molecule has 2 rings (SSSR count). The van der Waals surface area contributed by atoms with E-state index >= 15 is 0 Å². The van der Waals surface area contributed by atoms with Crippen molar-refractivity contribution in [2.24, 2.45) is 0 Å². The van der Waals surface area contributed by atoms with Gasteiger partial charge in [0.1, 0.15) is 6.61 Å². The lowest BCUT2D eigenvalue weighted by atomic mass is 10.1. The zero-order valence-electron chi connectivity index (χ0n) is 11.4. The van der Waals surface area contributed by atoms with Gasteiger partial charge in [-0.25, -0.2) is 0 Å². The minimum absolute atomic E-state index is 0.480. The molecule has 0 bridgehead atoms. The molecule has 1 heterocycles. The number of likely N-dealkylation sites (tertiary alicyclic amines) is 1. The fraction of sp³-hybridized carbons (Fsp3) is 0.533. The summed E-state index contributed by atoms with van der Waals surface area (Å²) >= 11 is 0. The molecule has 1 radical (unpaired) electrons. The van der Waals surface area contributed by atoms with Gasteiger partial charge in [0.25, 0.3) is 0 Å². The standard InChI is InChI=1S/C15H20NO3/c1-18-14-6-5-13(12-17)11-15(14)19-10-9-16-7-3-2-4-8-16/h5-6,11H,2-4,7-10H2,1H3. The van der Waals surface area contributed by atoms with Crippen molar-refractivity contribution in [1.82, 2.24) is 4.90 Å². The van der Waals surface area contributed by atoms with Crippen molar-refractivity contribution in [2.75, 3.05) is 33.4 Å². The Balaban J connectivity index is 1.88. The Morgan fingerprint density at radius 2 is 2.00 bits per heavy atom. The molecule has 103 valence electrons. The lowest BCUT2D eigenvalue weighted by molar-refractivity contribution is 0.180. The normalized spacial score (nSPS) is 16.1. The monoisotopic (exact) mass is 262 g/mol. The Morgan fingerprint density at radius 3 is 2.68 bits per heavy atom. The maximum Gasteiger partial charge on any atom is 0.233 e. The van der Waals surface area contributed by atoms with Gasteiger partial charge in [-0.15, -0.1) is 0 Å². The van der Waals surface area contributed by atoms with E-state index in [1.807, 2.05) is 6.29 Å². The van der Waals surface area contributed by atoms with E-state index in [9.17, 15) is 4.79 Å². The molecule has 1 saturated heterocycles. The maximum atomic E-state index is 10.6. The predicted molar refractivity (Wildman–Crippen MR) is 73.6 cm³/mol. The first-order chi connectivity index (χ1) is 9.33. The zero-order valence-corrected chi connectivity index (χ0v) is 11.4. The summed E-state index contributed by atoms with van der Waals surface area (Å²) in [6, 6.07) is 5.07. The molecule has 0 aromatic heterocycles. The van der Waals surface area contributed by atoms with Crippen LogP contribution in [0.4, 0.5) is 0 Å². The third-order valence-electron chi connectivity index (χ3n) is 3.40. The topological polar surface area (TPSA) is 38.8 Å². The van der Waals surface area contributed by atoms with Crippen molar-refractivity contribution < 1.29 is 14.3 Å². The summed E-state index contributed by atoms with van der Waals surface area (Å²) in [6.45, 7) is 3.84. The molecule has 1 aromatic carbocycles. The van der Waals surface area contributed by atoms with Crippen LogP contribution in [-0.2, 0) is 4.79 Å². The van der Waals surface area contributed by atoms with Gasteiger partial charge in [0.05, 0.1) is 7.11 Å². The number of nitrogens with zero attached hydrogens (tertiary/aromatic N) is 1. The van der Waals surface area contributed by atoms with Gasteiger partial charge >= 0.3 is 0 Å². The second-order valence-electron chi connectivity index (χ2n) is 4.72. The molecule has 1 aliphatic rings. The number of hydrogen-bond donors (Lipinski definition) is 0.